The van der Waals surface area contributed by atoms with Gasteiger partial charge in [0.2, 0.25) is 0 Å². The average Bonchev–Trinajstić information content (AvgIpc) is 2.97. The largest absolute Gasteiger partial charge is 0.276 e. The Balaban J connectivity index is 1.80. The highest BCUT2D eigenvalue weighted by atomic mass is 79.9. The summed E-state index contributed by atoms with van der Waals surface area (Å²) < 4.78 is 30.5. The third-order valence-electron chi connectivity index (χ3n) is 3.26. The molecule has 2 aromatic carbocycles. The van der Waals surface area contributed by atoms with Crippen LogP contribution < -0.4 is 4.72 Å². The molecule has 0 atom stereocenters. The molecule has 8 heteroatoms. The van der Waals surface area contributed by atoms with Crippen molar-refractivity contribution < 1.29 is 8.42 Å². The zero-order valence-electron chi connectivity index (χ0n) is 12.4. The fourth-order valence-corrected chi connectivity index (χ4v) is 4.70. The molecule has 3 rings (SSSR count). The van der Waals surface area contributed by atoms with E-state index in [1.807, 2.05) is 30.3 Å². The van der Waals surface area contributed by atoms with Gasteiger partial charge < -0.3 is 0 Å². The molecule has 0 saturated carbocycles. The van der Waals surface area contributed by atoms with Crippen LogP contribution in [0.25, 0.3) is 0 Å². The molecular formula is C16H13Br2N3O2S. The summed E-state index contributed by atoms with van der Waals surface area (Å²) in [6, 6.07) is 14.8. The van der Waals surface area contributed by atoms with Crippen LogP contribution in [0.2, 0.25) is 0 Å². The summed E-state index contributed by atoms with van der Waals surface area (Å²) in [6.07, 6.45) is 3.16. The molecular weight excluding hydrogens is 458 g/mol. The number of hydrogen-bond donors (Lipinski definition) is 1. The highest BCUT2D eigenvalue weighted by molar-refractivity contribution is 9.11. The van der Waals surface area contributed by atoms with Crippen molar-refractivity contribution >= 4 is 47.6 Å². The smallest absolute Gasteiger partial charge is 0.263 e. The van der Waals surface area contributed by atoms with E-state index in [2.05, 4.69) is 41.7 Å². The van der Waals surface area contributed by atoms with Crippen molar-refractivity contribution in [2.75, 3.05) is 4.72 Å². The lowest BCUT2D eigenvalue weighted by atomic mass is 10.2. The van der Waals surface area contributed by atoms with Gasteiger partial charge in [-0.3, -0.25) is 9.40 Å². The maximum absolute atomic E-state index is 12.5. The number of hydrogen-bond acceptors (Lipinski definition) is 3. The zero-order chi connectivity index (χ0) is 17.2. The monoisotopic (exact) mass is 469 g/mol. The van der Waals surface area contributed by atoms with Crippen LogP contribution in [-0.2, 0) is 16.6 Å². The van der Waals surface area contributed by atoms with E-state index in [4.69, 9.17) is 0 Å². The summed E-state index contributed by atoms with van der Waals surface area (Å²) >= 11 is 6.55. The lowest BCUT2D eigenvalue weighted by molar-refractivity contribution is 0.600. The van der Waals surface area contributed by atoms with Gasteiger partial charge in [0.1, 0.15) is 4.90 Å². The summed E-state index contributed by atoms with van der Waals surface area (Å²) in [5.41, 5.74) is 1.50. The minimum absolute atomic E-state index is 0.160. The second-order valence-electron chi connectivity index (χ2n) is 5.09. The summed E-state index contributed by atoms with van der Waals surface area (Å²) in [7, 11) is -3.71. The van der Waals surface area contributed by atoms with E-state index < -0.39 is 10.0 Å². The van der Waals surface area contributed by atoms with Crippen LogP contribution in [0, 0.1) is 0 Å². The van der Waals surface area contributed by atoms with Crippen LogP contribution in [0.5, 0.6) is 0 Å². The minimum Gasteiger partial charge on any atom is -0.276 e. The fraction of sp³-hybridized carbons (Fsp3) is 0.0625. The molecule has 0 saturated heterocycles. The third-order valence-corrected chi connectivity index (χ3v) is 6.12. The molecule has 1 heterocycles. The van der Waals surface area contributed by atoms with Crippen molar-refractivity contribution in [1.29, 1.82) is 0 Å². The number of sulfonamides is 1. The second-order valence-corrected chi connectivity index (χ2v) is 8.51. The summed E-state index contributed by atoms with van der Waals surface area (Å²) in [5, 5.41) is 4.20. The Labute approximate surface area is 157 Å². The molecule has 0 aliphatic carbocycles. The Morgan fingerprint density at radius 3 is 2.58 bits per heavy atom. The quantitative estimate of drug-likeness (QED) is 0.605. The highest BCUT2D eigenvalue weighted by Gasteiger charge is 2.19. The van der Waals surface area contributed by atoms with Gasteiger partial charge in [-0.05, 0) is 39.7 Å². The summed E-state index contributed by atoms with van der Waals surface area (Å²) in [5.74, 6) is 0. The molecule has 24 heavy (non-hydrogen) atoms. The molecule has 0 amide bonds. The van der Waals surface area contributed by atoms with Crippen molar-refractivity contribution in [3.05, 3.63) is 75.4 Å². The molecule has 3 aromatic rings. The van der Waals surface area contributed by atoms with Crippen molar-refractivity contribution in [3.8, 4) is 0 Å². The normalized spacial score (nSPS) is 11.4. The van der Waals surface area contributed by atoms with E-state index in [0.717, 1.165) is 5.56 Å². The topological polar surface area (TPSA) is 64.0 Å². The fourth-order valence-electron chi connectivity index (χ4n) is 2.17. The molecule has 0 spiro atoms. The first kappa shape index (κ1) is 17.2. The second kappa shape index (κ2) is 7.08. The van der Waals surface area contributed by atoms with Gasteiger partial charge >= 0.3 is 0 Å². The van der Waals surface area contributed by atoms with Crippen molar-refractivity contribution in [3.63, 3.8) is 0 Å². The predicted octanol–water partition coefficient (Wildman–Crippen LogP) is 4.26. The van der Waals surface area contributed by atoms with Gasteiger partial charge in [-0.25, -0.2) is 8.42 Å². The molecule has 0 unspecified atom stereocenters. The van der Waals surface area contributed by atoms with Crippen LogP contribution >= 0.6 is 31.9 Å². The zero-order valence-corrected chi connectivity index (χ0v) is 16.3. The van der Waals surface area contributed by atoms with Gasteiger partial charge in [0, 0.05) is 15.1 Å². The maximum atomic E-state index is 12.5. The van der Waals surface area contributed by atoms with E-state index in [1.54, 1.807) is 29.1 Å². The number of aromatic nitrogens is 2. The first-order valence-corrected chi connectivity index (χ1v) is 10.1. The highest BCUT2D eigenvalue weighted by Crippen LogP contribution is 2.27. The van der Waals surface area contributed by atoms with Crippen molar-refractivity contribution in [1.82, 2.24) is 9.78 Å². The minimum atomic E-state index is -3.71. The van der Waals surface area contributed by atoms with Crippen LogP contribution in [0.3, 0.4) is 0 Å². The lowest BCUT2D eigenvalue weighted by Gasteiger charge is -2.08. The van der Waals surface area contributed by atoms with Crippen molar-refractivity contribution in [2.24, 2.45) is 0 Å². The SMILES string of the molecule is O=S(=O)(Nc1cnn(Cc2ccccc2)c1)c1cc(Br)ccc1Br. The van der Waals surface area contributed by atoms with Gasteiger partial charge in [0.15, 0.2) is 0 Å². The standard InChI is InChI=1S/C16H13Br2N3O2S/c17-13-6-7-15(18)16(8-13)24(22,23)20-14-9-19-21(11-14)10-12-4-2-1-3-5-12/h1-9,11,20H,10H2. The molecule has 0 aliphatic rings. The molecule has 0 fully saturated rings. The van der Waals surface area contributed by atoms with Crippen molar-refractivity contribution in [2.45, 2.75) is 11.4 Å². The third kappa shape index (κ3) is 4.06. The molecule has 124 valence electrons. The van der Waals surface area contributed by atoms with Crippen LogP contribution in [0.15, 0.2) is 74.8 Å². The van der Waals surface area contributed by atoms with E-state index in [9.17, 15) is 8.42 Å². The Morgan fingerprint density at radius 2 is 1.83 bits per heavy atom. The molecule has 1 aromatic heterocycles. The number of halogens is 2. The maximum Gasteiger partial charge on any atom is 0.263 e. The number of rotatable bonds is 5. The summed E-state index contributed by atoms with van der Waals surface area (Å²) in [6.45, 7) is 0.573. The van der Waals surface area contributed by atoms with Gasteiger partial charge in [-0.15, -0.1) is 0 Å². The number of nitrogens with zero attached hydrogens (tertiary/aromatic N) is 2. The van der Waals surface area contributed by atoms with Gasteiger partial charge in [-0.1, -0.05) is 46.3 Å². The van der Waals surface area contributed by atoms with E-state index in [-0.39, 0.29) is 4.90 Å². The Morgan fingerprint density at radius 1 is 1.08 bits per heavy atom. The van der Waals surface area contributed by atoms with Gasteiger partial charge in [0.05, 0.1) is 18.4 Å². The number of benzene rings is 2. The van der Waals surface area contributed by atoms with Crippen LogP contribution in [0.4, 0.5) is 5.69 Å². The first-order valence-electron chi connectivity index (χ1n) is 6.98. The van der Waals surface area contributed by atoms with Gasteiger partial charge in [0.25, 0.3) is 10.0 Å². The molecule has 1 N–H and O–H groups in total. The van der Waals surface area contributed by atoms with E-state index in [0.29, 0.717) is 21.2 Å². The molecule has 0 aliphatic heterocycles. The average molecular weight is 471 g/mol. The van der Waals surface area contributed by atoms with E-state index in [1.165, 1.54) is 6.20 Å². The number of nitrogens with one attached hydrogen (secondary N) is 1. The lowest BCUT2D eigenvalue weighted by Crippen LogP contribution is -2.13. The first-order chi connectivity index (χ1) is 11.4. The Kier molecular flexibility index (Phi) is 5.07. The predicted molar refractivity (Wildman–Crippen MR) is 100 cm³/mol. The summed E-state index contributed by atoms with van der Waals surface area (Å²) in [4.78, 5) is 0.160. The molecule has 0 bridgehead atoms. The Hall–Kier alpha value is -1.64. The van der Waals surface area contributed by atoms with Crippen LogP contribution in [0.1, 0.15) is 5.56 Å². The number of anilines is 1. The molecule has 5 nitrogen and oxygen atoms in total. The van der Waals surface area contributed by atoms with Gasteiger partial charge in [-0.2, -0.15) is 5.10 Å². The Bertz CT molecular complexity index is 956. The van der Waals surface area contributed by atoms with Crippen LogP contribution in [-0.4, -0.2) is 18.2 Å². The van der Waals surface area contributed by atoms with E-state index >= 15 is 0 Å². The molecule has 0 radical (unpaired) electrons.